The van der Waals surface area contributed by atoms with Crippen LogP contribution in [-0.4, -0.2) is 5.17 Å². The lowest BCUT2D eigenvalue weighted by atomic mass is 10.1. The summed E-state index contributed by atoms with van der Waals surface area (Å²) in [4.78, 5) is 0. The van der Waals surface area contributed by atoms with Gasteiger partial charge in [0.1, 0.15) is 16.7 Å². The highest BCUT2D eigenvalue weighted by Gasteiger charge is 2.00. The predicted molar refractivity (Wildman–Crippen MR) is 72.9 cm³/mol. The first kappa shape index (κ1) is 13.5. The predicted octanol–water partition coefficient (Wildman–Crippen LogP) is 4.30. The number of allylic oxidation sites excluding steroid dienone is 3. The van der Waals surface area contributed by atoms with Crippen molar-refractivity contribution in [3.8, 4) is 5.75 Å². The van der Waals surface area contributed by atoms with Gasteiger partial charge in [-0.25, -0.2) is 0 Å². The van der Waals surface area contributed by atoms with Gasteiger partial charge in [0.15, 0.2) is 0 Å². The van der Waals surface area contributed by atoms with Crippen molar-refractivity contribution >= 4 is 16.8 Å². The molecule has 1 aromatic rings. The minimum absolute atomic E-state index is 0.127. The zero-order valence-electron chi connectivity index (χ0n) is 10.0. The molecule has 0 heterocycles. The Bertz CT molecular complexity index is 449. The van der Waals surface area contributed by atoms with Crippen molar-refractivity contribution in [2.75, 3.05) is 0 Å². The highest BCUT2D eigenvalue weighted by molar-refractivity contribution is 6.64. The molecule has 0 aromatic heterocycles. The molecule has 0 aliphatic rings. The van der Waals surface area contributed by atoms with E-state index in [2.05, 4.69) is 0 Å². The first-order chi connectivity index (χ1) is 8.15. The van der Waals surface area contributed by atoms with E-state index in [1.165, 1.54) is 0 Å². The largest absolute Gasteiger partial charge is 0.458 e. The highest BCUT2D eigenvalue weighted by atomic mass is 35.5. The molecule has 0 spiro atoms. The fourth-order valence-corrected chi connectivity index (χ4v) is 1.54. The summed E-state index contributed by atoms with van der Waals surface area (Å²) in [6.07, 6.45) is 6.16. The van der Waals surface area contributed by atoms with E-state index < -0.39 is 0 Å². The van der Waals surface area contributed by atoms with Crippen LogP contribution in [0.1, 0.15) is 19.4 Å². The Kier molecular flexibility index (Phi) is 5.50. The third-order valence-electron chi connectivity index (χ3n) is 2.11. The number of halogens is 1. The van der Waals surface area contributed by atoms with Crippen LogP contribution in [0.3, 0.4) is 0 Å². The van der Waals surface area contributed by atoms with Crippen LogP contribution in [0.15, 0.2) is 48.3 Å². The minimum Gasteiger partial charge on any atom is -0.458 e. The Labute approximate surface area is 107 Å². The Morgan fingerprint density at radius 3 is 2.76 bits per heavy atom. The molecular formula is C14H16ClNO. The standard InChI is InChI=1S/C14H16ClNO/c1-3-6-12(4-2)17-13-8-5-7-11(9-13)10-14(15)16/h3-9,16H,10H2,1-2H3/b6-3-,12-4+,16-14?. The number of benzene rings is 1. The SMILES string of the molecule is C/C=C\C(=C/C)Oc1cccc(CC(=N)Cl)c1. The number of nitrogens with one attached hydrogen (secondary N) is 1. The lowest BCUT2D eigenvalue weighted by molar-refractivity contribution is 0.443. The van der Waals surface area contributed by atoms with Gasteiger partial charge in [0.05, 0.1) is 0 Å². The monoisotopic (exact) mass is 249 g/mol. The van der Waals surface area contributed by atoms with Gasteiger partial charge >= 0.3 is 0 Å². The quantitative estimate of drug-likeness (QED) is 0.471. The van der Waals surface area contributed by atoms with Crippen LogP contribution in [-0.2, 0) is 6.42 Å². The Hall–Kier alpha value is -1.54. The van der Waals surface area contributed by atoms with Crippen molar-refractivity contribution in [2.45, 2.75) is 20.3 Å². The summed E-state index contributed by atoms with van der Waals surface area (Å²) < 4.78 is 5.69. The Morgan fingerprint density at radius 2 is 2.18 bits per heavy atom. The first-order valence-corrected chi connectivity index (χ1v) is 5.82. The van der Waals surface area contributed by atoms with Crippen LogP contribution in [0.4, 0.5) is 0 Å². The van der Waals surface area contributed by atoms with Gasteiger partial charge in [-0.2, -0.15) is 0 Å². The number of ether oxygens (including phenoxy) is 1. The summed E-state index contributed by atoms with van der Waals surface area (Å²) in [5.74, 6) is 1.55. The molecule has 0 saturated heterocycles. The second-order valence-electron chi connectivity index (χ2n) is 3.52. The average molecular weight is 250 g/mol. The molecule has 0 aliphatic carbocycles. The van der Waals surface area contributed by atoms with E-state index in [-0.39, 0.29) is 5.17 Å². The van der Waals surface area contributed by atoms with E-state index in [0.29, 0.717) is 6.42 Å². The molecule has 90 valence electrons. The first-order valence-electron chi connectivity index (χ1n) is 5.44. The second kappa shape index (κ2) is 6.92. The topological polar surface area (TPSA) is 33.1 Å². The summed E-state index contributed by atoms with van der Waals surface area (Å²) in [5, 5.41) is 7.37. The molecule has 17 heavy (non-hydrogen) atoms. The zero-order chi connectivity index (χ0) is 12.7. The van der Waals surface area contributed by atoms with E-state index in [0.717, 1.165) is 17.1 Å². The third-order valence-corrected chi connectivity index (χ3v) is 2.24. The highest BCUT2D eigenvalue weighted by Crippen LogP contribution is 2.17. The zero-order valence-corrected chi connectivity index (χ0v) is 10.8. The molecule has 0 unspecified atom stereocenters. The second-order valence-corrected chi connectivity index (χ2v) is 3.98. The van der Waals surface area contributed by atoms with Crippen molar-refractivity contribution in [1.82, 2.24) is 0 Å². The van der Waals surface area contributed by atoms with E-state index >= 15 is 0 Å². The van der Waals surface area contributed by atoms with Crippen LogP contribution in [0.2, 0.25) is 0 Å². The molecule has 0 atom stereocenters. The van der Waals surface area contributed by atoms with Crippen molar-refractivity contribution in [2.24, 2.45) is 0 Å². The number of hydrogen-bond donors (Lipinski definition) is 1. The Balaban J connectivity index is 2.81. The fraction of sp³-hybridized carbons (Fsp3) is 0.214. The summed E-state index contributed by atoms with van der Waals surface area (Å²) in [5.41, 5.74) is 0.971. The van der Waals surface area contributed by atoms with Gasteiger partial charge < -0.3 is 4.74 Å². The maximum Gasteiger partial charge on any atom is 0.127 e. The van der Waals surface area contributed by atoms with Gasteiger partial charge in [-0.1, -0.05) is 29.8 Å². The van der Waals surface area contributed by atoms with Crippen molar-refractivity contribution in [3.05, 3.63) is 53.8 Å². The van der Waals surface area contributed by atoms with Crippen LogP contribution in [0, 0.1) is 5.41 Å². The molecule has 2 nitrogen and oxygen atoms in total. The minimum atomic E-state index is 0.127. The van der Waals surface area contributed by atoms with E-state index in [1.807, 2.05) is 56.3 Å². The summed E-state index contributed by atoms with van der Waals surface area (Å²) in [6, 6.07) is 7.60. The smallest absolute Gasteiger partial charge is 0.127 e. The van der Waals surface area contributed by atoms with Crippen molar-refractivity contribution < 1.29 is 4.74 Å². The molecule has 0 aliphatic heterocycles. The fourth-order valence-electron chi connectivity index (χ4n) is 1.39. The number of hydrogen-bond acceptors (Lipinski definition) is 2. The normalized spacial score (nSPS) is 11.8. The van der Waals surface area contributed by atoms with Gasteiger partial charge in [0.25, 0.3) is 0 Å². The van der Waals surface area contributed by atoms with E-state index in [4.69, 9.17) is 21.7 Å². The van der Waals surface area contributed by atoms with Crippen LogP contribution < -0.4 is 4.74 Å². The lowest BCUT2D eigenvalue weighted by Crippen LogP contribution is -1.95. The molecule has 1 N–H and O–H groups in total. The van der Waals surface area contributed by atoms with E-state index in [9.17, 15) is 0 Å². The molecule has 0 saturated carbocycles. The van der Waals surface area contributed by atoms with Gasteiger partial charge in [0.2, 0.25) is 0 Å². The average Bonchev–Trinajstić information content (AvgIpc) is 2.28. The van der Waals surface area contributed by atoms with Gasteiger partial charge in [-0.05, 0) is 43.7 Å². The molecule has 1 aromatic carbocycles. The van der Waals surface area contributed by atoms with E-state index in [1.54, 1.807) is 0 Å². The maximum absolute atomic E-state index is 7.25. The van der Waals surface area contributed by atoms with Crippen LogP contribution in [0.25, 0.3) is 0 Å². The summed E-state index contributed by atoms with van der Waals surface area (Å²) in [7, 11) is 0. The van der Waals surface area contributed by atoms with Crippen LogP contribution in [0.5, 0.6) is 5.75 Å². The molecular weight excluding hydrogens is 234 g/mol. The molecule has 0 radical (unpaired) electrons. The summed E-state index contributed by atoms with van der Waals surface area (Å²) >= 11 is 5.57. The Morgan fingerprint density at radius 1 is 1.41 bits per heavy atom. The lowest BCUT2D eigenvalue weighted by Gasteiger charge is -2.07. The molecule has 1 rings (SSSR count). The molecule has 0 amide bonds. The van der Waals surface area contributed by atoms with Crippen LogP contribution >= 0.6 is 11.6 Å². The molecule has 3 heteroatoms. The number of rotatable bonds is 5. The van der Waals surface area contributed by atoms with Crippen molar-refractivity contribution in [3.63, 3.8) is 0 Å². The molecule has 0 bridgehead atoms. The van der Waals surface area contributed by atoms with Crippen molar-refractivity contribution in [1.29, 1.82) is 5.41 Å². The van der Waals surface area contributed by atoms with Gasteiger partial charge in [0, 0.05) is 6.42 Å². The summed E-state index contributed by atoms with van der Waals surface area (Å²) in [6.45, 7) is 3.87. The maximum atomic E-state index is 7.25. The third kappa shape index (κ3) is 4.87. The van der Waals surface area contributed by atoms with Gasteiger partial charge in [-0.3, -0.25) is 5.41 Å². The van der Waals surface area contributed by atoms with Gasteiger partial charge in [-0.15, -0.1) is 0 Å². The molecule has 0 fully saturated rings.